The van der Waals surface area contributed by atoms with E-state index in [-0.39, 0.29) is 30.3 Å². The van der Waals surface area contributed by atoms with Gasteiger partial charge >= 0.3 is 12.0 Å². The smallest absolute Gasteiger partial charge is 0.330 e. The van der Waals surface area contributed by atoms with Gasteiger partial charge in [-0.3, -0.25) is 14.4 Å². The van der Waals surface area contributed by atoms with E-state index >= 15 is 0 Å². The molecule has 1 aromatic carbocycles. The van der Waals surface area contributed by atoms with E-state index in [1.807, 2.05) is 36.4 Å². The highest BCUT2D eigenvalue weighted by atomic mass is 16.4. The summed E-state index contributed by atoms with van der Waals surface area (Å²) in [4.78, 5) is 67.9. The molecule has 11 nitrogen and oxygen atoms in total. The van der Waals surface area contributed by atoms with Crippen LogP contribution in [0.15, 0.2) is 36.4 Å². The molecule has 0 bridgehead atoms. The number of hydrogen-bond acceptors (Lipinski definition) is 5. The summed E-state index contributed by atoms with van der Waals surface area (Å²) in [5, 5.41) is 18.3. The van der Waals surface area contributed by atoms with Gasteiger partial charge in [-0.15, -0.1) is 0 Å². The van der Waals surface area contributed by atoms with Crippen LogP contribution in [0.5, 0.6) is 0 Å². The number of fused-ring (bicyclic) bond motifs is 1. The number of amides is 5. The number of aliphatic carboxylic acids is 1. The lowest BCUT2D eigenvalue weighted by molar-refractivity contribution is -0.145. The standard InChI is InChI=1S/C34H47N5O6/c1-2-3-4-5-6-14-25-20-34(25,32(43)44)37-30(41)28-16-10-18-39(28)29(40)21-35-33(45)36-27(24-12-9-13-24)22-38-19-17-23-11-7-8-15-26(23)31(38)42/h6-8,11,14-15,24-25,27-28H,2-5,9-10,12-13,16-22H2,1H3,(H,37,41)(H,43,44)(H2,35,36,45)/b14-6-/t25?,27-,28+,34-/m1/s1. The zero-order chi connectivity index (χ0) is 32.0. The highest BCUT2D eigenvalue weighted by Gasteiger charge is 2.61. The first-order valence-corrected chi connectivity index (χ1v) is 16.7. The van der Waals surface area contributed by atoms with Gasteiger partial charge in [0, 0.05) is 31.1 Å². The fraction of sp³-hybridized carbons (Fsp3) is 0.618. The minimum atomic E-state index is -1.33. The second-order valence-corrected chi connectivity index (χ2v) is 13.0. The minimum absolute atomic E-state index is 0.0258. The van der Waals surface area contributed by atoms with Gasteiger partial charge in [0.25, 0.3) is 5.91 Å². The van der Waals surface area contributed by atoms with Crippen LogP contribution in [0.2, 0.25) is 0 Å². The molecule has 4 aliphatic rings. The Hall–Kier alpha value is -3.89. The van der Waals surface area contributed by atoms with Crippen molar-refractivity contribution in [3.63, 3.8) is 0 Å². The largest absolute Gasteiger partial charge is 0.479 e. The highest BCUT2D eigenvalue weighted by Crippen LogP contribution is 2.45. The van der Waals surface area contributed by atoms with Crippen molar-refractivity contribution >= 4 is 29.7 Å². The Kier molecular flexibility index (Phi) is 10.5. The Morgan fingerprint density at radius 1 is 1.09 bits per heavy atom. The maximum Gasteiger partial charge on any atom is 0.330 e. The van der Waals surface area contributed by atoms with Crippen LogP contribution in [-0.4, -0.2) is 88.4 Å². The summed E-state index contributed by atoms with van der Waals surface area (Å²) in [5.74, 6) is -1.95. The van der Waals surface area contributed by atoms with E-state index in [9.17, 15) is 29.1 Å². The number of urea groups is 1. The minimum Gasteiger partial charge on any atom is -0.479 e. The molecule has 4 N–H and O–H groups in total. The van der Waals surface area contributed by atoms with Gasteiger partial charge in [-0.1, -0.05) is 56.5 Å². The summed E-state index contributed by atoms with van der Waals surface area (Å²) in [6.45, 7) is 3.22. The Morgan fingerprint density at radius 3 is 2.62 bits per heavy atom. The molecule has 45 heavy (non-hydrogen) atoms. The second-order valence-electron chi connectivity index (χ2n) is 13.0. The molecule has 2 aliphatic heterocycles. The van der Waals surface area contributed by atoms with E-state index in [1.54, 1.807) is 4.90 Å². The predicted molar refractivity (Wildman–Crippen MR) is 168 cm³/mol. The molecule has 5 amide bonds. The van der Waals surface area contributed by atoms with Gasteiger partial charge in [-0.2, -0.15) is 0 Å². The number of likely N-dealkylation sites (tertiary alicyclic amines) is 1. The molecule has 11 heteroatoms. The first-order valence-electron chi connectivity index (χ1n) is 16.7. The third-order valence-electron chi connectivity index (χ3n) is 10.00. The SMILES string of the molecule is CCCCC/C=C\C1C[C@]1(NC(=O)[C@@H]1CCCN1C(=O)CNC(=O)N[C@H](CN1CCc2ccccc2C1=O)C1CCC1)C(=O)O. The van der Waals surface area contributed by atoms with Gasteiger partial charge in [0.2, 0.25) is 11.8 Å². The monoisotopic (exact) mass is 621 g/mol. The number of benzene rings is 1. The average molecular weight is 622 g/mol. The van der Waals surface area contributed by atoms with E-state index in [2.05, 4.69) is 22.9 Å². The molecule has 1 aromatic rings. The van der Waals surface area contributed by atoms with Crippen molar-refractivity contribution in [3.05, 3.63) is 47.5 Å². The quantitative estimate of drug-likeness (QED) is 0.185. The Labute approximate surface area is 265 Å². The molecule has 1 saturated heterocycles. The third-order valence-corrected chi connectivity index (χ3v) is 10.00. The van der Waals surface area contributed by atoms with Crippen molar-refractivity contribution in [1.29, 1.82) is 0 Å². The molecule has 2 saturated carbocycles. The van der Waals surface area contributed by atoms with E-state index in [0.717, 1.165) is 56.9 Å². The van der Waals surface area contributed by atoms with Gasteiger partial charge in [0.05, 0.1) is 12.6 Å². The first kappa shape index (κ1) is 32.5. The van der Waals surface area contributed by atoms with Gasteiger partial charge in [0.15, 0.2) is 0 Å². The molecule has 2 aliphatic carbocycles. The maximum absolute atomic E-state index is 13.2. The summed E-state index contributed by atoms with van der Waals surface area (Å²) in [6, 6.07) is 6.13. The summed E-state index contributed by atoms with van der Waals surface area (Å²) in [6.07, 6.45) is 13.2. The maximum atomic E-state index is 13.2. The summed E-state index contributed by atoms with van der Waals surface area (Å²) in [7, 11) is 0. The number of nitrogens with one attached hydrogen (secondary N) is 3. The van der Waals surface area contributed by atoms with Crippen LogP contribution in [0.25, 0.3) is 0 Å². The van der Waals surface area contributed by atoms with Crippen LogP contribution in [0.3, 0.4) is 0 Å². The zero-order valence-electron chi connectivity index (χ0n) is 26.3. The van der Waals surface area contributed by atoms with Crippen molar-refractivity contribution in [2.75, 3.05) is 26.2 Å². The topological polar surface area (TPSA) is 148 Å². The van der Waals surface area contributed by atoms with Crippen molar-refractivity contribution in [2.45, 2.75) is 95.2 Å². The molecule has 3 fully saturated rings. The molecule has 244 valence electrons. The lowest BCUT2D eigenvalue weighted by Crippen LogP contribution is -2.56. The predicted octanol–water partition coefficient (Wildman–Crippen LogP) is 3.24. The number of carboxylic acids is 1. The van der Waals surface area contributed by atoms with Gasteiger partial charge in [0.1, 0.15) is 11.6 Å². The Balaban J connectivity index is 1.11. The van der Waals surface area contributed by atoms with Crippen LogP contribution in [-0.2, 0) is 20.8 Å². The number of carbonyl (C=O) groups is 5. The van der Waals surface area contributed by atoms with Crippen LogP contribution < -0.4 is 16.0 Å². The van der Waals surface area contributed by atoms with Crippen molar-refractivity contribution < 1.29 is 29.1 Å². The molecule has 5 rings (SSSR count). The van der Waals surface area contributed by atoms with Crippen molar-refractivity contribution in [1.82, 2.24) is 25.8 Å². The summed E-state index contributed by atoms with van der Waals surface area (Å²) < 4.78 is 0. The summed E-state index contributed by atoms with van der Waals surface area (Å²) >= 11 is 0. The number of unbranched alkanes of at least 4 members (excludes halogenated alkanes) is 3. The van der Waals surface area contributed by atoms with E-state index < -0.39 is 35.4 Å². The van der Waals surface area contributed by atoms with Crippen molar-refractivity contribution in [2.24, 2.45) is 11.8 Å². The molecule has 2 heterocycles. The lowest BCUT2D eigenvalue weighted by atomic mass is 9.79. The molecule has 4 atom stereocenters. The average Bonchev–Trinajstić information content (AvgIpc) is 3.46. The molecular weight excluding hydrogens is 574 g/mol. The number of nitrogens with zero attached hydrogens (tertiary/aromatic N) is 2. The Morgan fingerprint density at radius 2 is 1.89 bits per heavy atom. The Bertz CT molecular complexity index is 1310. The van der Waals surface area contributed by atoms with Gasteiger partial charge in [-0.05, 0) is 68.9 Å². The third kappa shape index (κ3) is 7.50. The van der Waals surface area contributed by atoms with Crippen molar-refractivity contribution in [3.8, 4) is 0 Å². The number of carboxylic acid groups (broad SMARTS) is 1. The number of rotatable bonds is 14. The van der Waals surface area contributed by atoms with Crippen LogP contribution >= 0.6 is 0 Å². The fourth-order valence-corrected chi connectivity index (χ4v) is 6.89. The molecule has 0 spiro atoms. The fourth-order valence-electron chi connectivity index (χ4n) is 6.89. The zero-order valence-corrected chi connectivity index (χ0v) is 26.3. The van der Waals surface area contributed by atoms with E-state index in [0.29, 0.717) is 44.5 Å². The van der Waals surface area contributed by atoms with E-state index in [1.165, 1.54) is 4.90 Å². The first-order chi connectivity index (χ1) is 21.7. The van der Waals surface area contributed by atoms with Gasteiger partial charge < -0.3 is 30.9 Å². The molecule has 0 radical (unpaired) electrons. The summed E-state index contributed by atoms with van der Waals surface area (Å²) in [5.41, 5.74) is 0.421. The van der Waals surface area contributed by atoms with Crippen LogP contribution in [0.1, 0.15) is 87.1 Å². The van der Waals surface area contributed by atoms with E-state index in [4.69, 9.17) is 0 Å². The normalized spacial score (nSPS) is 25.0. The second kappa shape index (κ2) is 14.5. The molecule has 1 unspecified atom stereocenters. The molecular formula is C34H47N5O6. The highest BCUT2D eigenvalue weighted by molar-refractivity contribution is 5.97. The number of hydrogen-bond donors (Lipinski definition) is 4. The number of carbonyl (C=O) groups excluding carboxylic acids is 4. The number of allylic oxidation sites excluding steroid dienone is 1. The van der Waals surface area contributed by atoms with Crippen LogP contribution in [0, 0.1) is 11.8 Å². The lowest BCUT2D eigenvalue weighted by Gasteiger charge is -2.38. The van der Waals surface area contributed by atoms with Gasteiger partial charge in [-0.25, -0.2) is 9.59 Å². The van der Waals surface area contributed by atoms with Crippen LogP contribution in [0.4, 0.5) is 4.79 Å². The molecule has 0 aromatic heterocycles.